The van der Waals surface area contributed by atoms with Gasteiger partial charge in [0.15, 0.2) is 0 Å². The number of hydrogen-bond acceptors (Lipinski definition) is 3. The molecule has 0 radical (unpaired) electrons. The summed E-state index contributed by atoms with van der Waals surface area (Å²) in [5.74, 6) is 0.0391. The van der Waals surface area contributed by atoms with Crippen LogP contribution in [0.3, 0.4) is 0 Å². The molecule has 1 atom stereocenters. The molecular formula is C7H14N2O2. The number of ether oxygens (including phenoxy) is 1. The van der Waals surface area contributed by atoms with E-state index in [2.05, 4.69) is 5.32 Å². The molecule has 0 bridgehead atoms. The summed E-state index contributed by atoms with van der Waals surface area (Å²) in [4.78, 5) is 12.8. The minimum absolute atomic E-state index is 0.0391. The van der Waals surface area contributed by atoms with Crippen LogP contribution in [0, 0.1) is 0 Å². The van der Waals surface area contributed by atoms with Crippen molar-refractivity contribution in [1.82, 2.24) is 10.2 Å². The Morgan fingerprint density at radius 1 is 1.64 bits per heavy atom. The smallest absolute Gasteiger partial charge is 0.252 e. The standard InChI is InChI=1S/C7H14N2O2/c1-9(2)7(10)6-5-8-3-4-11-6/h6,8H,3-5H2,1-2H3/t6-/m1/s1. The van der Waals surface area contributed by atoms with Crippen molar-refractivity contribution in [2.45, 2.75) is 6.10 Å². The van der Waals surface area contributed by atoms with Gasteiger partial charge in [-0.25, -0.2) is 0 Å². The lowest BCUT2D eigenvalue weighted by Gasteiger charge is -2.25. The highest BCUT2D eigenvalue weighted by Gasteiger charge is 2.22. The lowest BCUT2D eigenvalue weighted by Crippen LogP contribution is -2.47. The third-order valence-electron chi connectivity index (χ3n) is 1.64. The fourth-order valence-corrected chi connectivity index (χ4v) is 1.01. The van der Waals surface area contributed by atoms with Crippen molar-refractivity contribution < 1.29 is 9.53 Å². The minimum Gasteiger partial charge on any atom is -0.366 e. The van der Waals surface area contributed by atoms with E-state index in [1.54, 1.807) is 19.0 Å². The number of likely N-dealkylation sites (N-methyl/N-ethyl adjacent to an activating group) is 1. The van der Waals surface area contributed by atoms with Crippen molar-refractivity contribution in [3.63, 3.8) is 0 Å². The maximum atomic E-state index is 11.3. The fourth-order valence-electron chi connectivity index (χ4n) is 1.01. The van der Waals surface area contributed by atoms with Crippen LogP contribution in [0.2, 0.25) is 0 Å². The number of carbonyl (C=O) groups is 1. The van der Waals surface area contributed by atoms with E-state index in [-0.39, 0.29) is 12.0 Å². The second kappa shape index (κ2) is 3.69. The SMILES string of the molecule is CN(C)C(=O)[C@H]1CNCCO1. The van der Waals surface area contributed by atoms with Crippen molar-refractivity contribution in [2.24, 2.45) is 0 Å². The van der Waals surface area contributed by atoms with Crippen LogP contribution < -0.4 is 5.32 Å². The lowest BCUT2D eigenvalue weighted by molar-refractivity contribution is -0.142. The molecule has 0 aromatic rings. The molecule has 1 heterocycles. The summed E-state index contributed by atoms with van der Waals surface area (Å²) in [7, 11) is 3.47. The second-order valence-electron chi connectivity index (χ2n) is 2.80. The number of nitrogens with zero attached hydrogens (tertiary/aromatic N) is 1. The molecule has 0 aromatic heterocycles. The minimum atomic E-state index is -0.279. The van der Waals surface area contributed by atoms with Crippen LogP contribution in [0.4, 0.5) is 0 Å². The summed E-state index contributed by atoms with van der Waals surface area (Å²) in [6, 6.07) is 0. The Balaban J connectivity index is 2.39. The van der Waals surface area contributed by atoms with Crippen LogP contribution in [0.15, 0.2) is 0 Å². The number of rotatable bonds is 1. The molecule has 1 aliphatic heterocycles. The zero-order valence-corrected chi connectivity index (χ0v) is 6.96. The molecule has 64 valence electrons. The van der Waals surface area contributed by atoms with E-state index >= 15 is 0 Å². The Kier molecular flexibility index (Phi) is 2.84. The molecule has 1 aliphatic rings. The van der Waals surface area contributed by atoms with Gasteiger partial charge >= 0.3 is 0 Å². The number of nitrogens with one attached hydrogen (secondary N) is 1. The molecule has 0 aliphatic carbocycles. The highest BCUT2D eigenvalue weighted by molar-refractivity contribution is 5.80. The molecule has 1 amide bonds. The number of morpholine rings is 1. The van der Waals surface area contributed by atoms with Gasteiger partial charge in [0, 0.05) is 27.2 Å². The first-order valence-electron chi connectivity index (χ1n) is 3.75. The predicted molar refractivity (Wildman–Crippen MR) is 41.3 cm³/mol. The Hall–Kier alpha value is -0.610. The molecule has 0 saturated carbocycles. The van der Waals surface area contributed by atoms with Crippen LogP contribution in [0.5, 0.6) is 0 Å². The number of carbonyl (C=O) groups excluding carboxylic acids is 1. The normalized spacial score (nSPS) is 24.7. The van der Waals surface area contributed by atoms with E-state index in [1.807, 2.05) is 0 Å². The Morgan fingerprint density at radius 2 is 2.36 bits per heavy atom. The van der Waals surface area contributed by atoms with Crippen LogP contribution in [-0.4, -0.2) is 50.7 Å². The van der Waals surface area contributed by atoms with Gasteiger partial charge in [-0.15, -0.1) is 0 Å². The highest BCUT2D eigenvalue weighted by Crippen LogP contribution is 1.98. The first-order chi connectivity index (χ1) is 5.22. The van der Waals surface area contributed by atoms with Gasteiger partial charge in [-0.05, 0) is 0 Å². The van der Waals surface area contributed by atoms with Crippen molar-refractivity contribution in [2.75, 3.05) is 33.8 Å². The average molecular weight is 158 g/mol. The lowest BCUT2D eigenvalue weighted by atomic mass is 10.3. The topological polar surface area (TPSA) is 41.6 Å². The van der Waals surface area contributed by atoms with Crippen LogP contribution >= 0.6 is 0 Å². The number of amides is 1. The first kappa shape index (κ1) is 8.49. The van der Waals surface area contributed by atoms with Gasteiger partial charge in [-0.3, -0.25) is 4.79 Å². The molecule has 0 aromatic carbocycles. The van der Waals surface area contributed by atoms with E-state index in [0.717, 1.165) is 6.54 Å². The Labute approximate surface area is 66.5 Å². The zero-order chi connectivity index (χ0) is 8.27. The maximum Gasteiger partial charge on any atom is 0.252 e. The molecule has 4 nitrogen and oxygen atoms in total. The van der Waals surface area contributed by atoms with Crippen molar-refractivity contribution in [3.8, 4) is 0 Å². The molecule has 0 spiro atoms. The van der Waals surface area contributed by atoms with Crippen molar-refractivity contribution in [1.29, 1.82) is 0 Å². The van der Waals surface area contributed by atoms with Gasteiger partial charge in [-0.1, -0.05) is 0 Å². The van der Waals surface area contributed by atoms with Crippen LogP contribution in [0.1, 0.15) is 0 Å². The van der Waals surface area contributed by atoms with Crippen molar-refractivity contribution in [3.05, 3.63) is 0 Å². The molecule has 1 rings (SSSR count). The highest BCUT2D eigenvalue weighted by atomic mass is 16.5. The second-order valence-corrected chi connectivity index (χ2v) is 2.80. The van der Waals surface area contributed by atoms with Crippen molar-refractivity contribution >= 4 is 5.91 Å². The van der Waals surface area contributed by atoms with E-state index in [9.17, 15) is 4.79 Å². The molecule has 0 unspecified atom stereocenters. The summed E-state index contributed by atoms with van der Waals surface area (Å²) in [5.41, 5.74) is 0. The fraction of sp³-hybridized carbons (Fsp3) is 0.857. The van der Waals surface area contributed by atoms with Gasteiger partial charge in [0.05, 0.1) is 6.61 Å². The predicted octanol–water partition coefficient (Wildman–Crippen LogP) is -0.937. The van der Waals surface area contributed by atoms with Gasteiger partial charge in [0.2, 0.25) is 0 Å². The summed E-state index contributed by atoms with van der Waals surface area (Å²) in [5, 5.41) is 3.10. The molecule has 4 heteroatoms. The van der Waals surface area contributed by atoms with E-state index in [4.69, 9.17) is 4.74 Å². The van der Waals surface area contributed by atoms with Crippen LogP contribution in [-0.2, 0) is 9.53 Å². The average Bonchev–Trinajstić information content (AvgIpc) is 2.05. The summed E-state index contributed by atoms with van der Waals surface area (Å²) in [6.45, 7) is 2.11. The third kappa shape index (κ3) is 2.17. The largest absolute Gasteiger partial charge is 0.366 e. The number of hydrogen-bond donors (Lipinski definition) is 1. The van der Waals surface area contributed by atoms with Gasteiger partial charge in [0.1, 0.15) is 6.10 Å². The maximum absolute atomic E-state index is 11.3. The summed E-state index contributed by atoms with van der Waals surface area (Å²) in [6.07, 6.45) is -0.279. The van der Waals surface area contributed by atoms with Gasteiger partial charge in [0.25, 0.3) is 5.91 Å². The van der Waals surface area contributed by atoms with E-state index < -0.39 is 0 Å². The Morgan fingerprint density at radius 3 is 2.82 bits per heavy atom. The van der Waals surface area contributed by atoms with Gasteiger partial charge in [-0.2, -0.15) is 0 Å². The van der Waals surface area contributed by atoms with Gasteiger partial charge < -0.3 is 15.0 Å². The zero-order valence-electron chi connectivity index (χ0n) is 6.96. The van der Waals surface area contributed by atoms with E-state index in [1.165, 1.54) is 0 Å². The first-order valence-corrected chi connectivity index (χ1v) is 3.75. The molecule has 1 fully saturated rings. The van der Waals surface area contributed by atoms with E-state index in [0.29, 0.717) is 13.2 Å². The molecule has 1 saturated heterocycles. The van der Waals surface area contributed by atoms with Crippen LogP contribution in [0.25, 0.3) is 0 Å². The Bertz CT molecular complexity index is 141. The molecule has 1 N–H and O–H groups in total. The molecule has 11 heavy (non-hydrogen) atoms. The summed E-state index contributed by atoms with van der Waals surface area (Å²) >= 11 is 0. The quantitative estimate of drug-likeness (QED) is 0.535. The third-order valence-corrected chi connectivity index (χ3v) is 1.64. The monoisotopic (exact) mass is 158 g/mol. The summed E-state index contributed by atoms with van der Waals surface area (Å²) < 4.78 is 5.25. The molecular weight excluding hydrogens is 144 g/mol.